The van der Waals surface area contributed by atoms with Gasteiger partial charge in [0.15, 0.2) is 5.96 Å². The molecule has 2 fully saturated rings. The predicted octanol–water partition coefficient (Wildman–Crippen LogP) is 1.82. The minimum atomic E-state index is 0. The standard InChI is InChI=1S/C19H34N6O.HI/c1-14-18(15(2)24(4)23-14)11-21-19(20-3)22-17-5-8-25(9-6-17)12-16-7-10-26-13-16;/h16-17H,5-13H2,1-4H3,(H2,20,21,22);1H. The summed E-state index contributed by atoms with van der Waals surface area (Å²) in [5, 5.41) is 11.5. The Labute approximate surface area is 180 Å². The first-order valence-electron chi connectivity index (χ1n) is 9.83. The van der Waals surface area contributed by atoms with Crippen LogP contribution < -0.4 is 10.6 Å². The maximum Gasteiger partial charge on any atom is 0.191 e. The van der Waals surface area contributed by atoms with Gasteiger partial charge in [-0.2, -0.15) is 5.10 Å². The average molecular weight is 490 g/mol. The van der Waals surface area contributed by atoms with Gasteiger partial charge in [0.2, 0.25) is 0 Å². The second kappa shape index (κ2) is 10.6. The maximum atomic E-state index is 5.50. The lowest BCUT2D eigenvalue weighted by atomic mass is 10.0. The molecule has 7 nitrogen and oxygen atoms in total. The summed E-state index contributed by atoms with van der Waals surface area (Å²) in [4.78, 5) is 7.00. The number of halogens is 1. The third-order valence-corrected chi connectivity index (χ3v) is 5.78. The molecule has 3 rings (SSSR count). The summed E-state index contributed by atoms with van der Waals surface area (Å²) in [7, 11) is 3.83. The summed E-state index contributed by atoms with van der Waals surface area (Å²) < 4.78 is 7.44. The van der Waals surface area contributed by atoms with Crippen molar-refractivity contribution in [3.05, 3.63) is 17.0 Å². The van der Waals surface area contributed by atoms with Crippen molar-refractivity contribution in [3.63, 3.8) is 0 Å². The first-order valence-corrected chi connectivity index (χ1v) is 9.83. The highest BCUT2D eigenvalue weighted by molar-refractivity contribution is 14.0. The van der Waals surface area contributed by atoms with Crippen LogP contribution in [-0.4, -0.2) is 66.6 Å². The molecule has 1 atom stereocenters. The quantitative estimate of drug-likeness (QED) is 0.375. The number of nitrogens with zero attached hydrogens (tertiary/aromatic N) is 4. The van der Waals surface area contributed by atoms with Crippen LogP contribution in [0.15, 0.2) is 4.99 Å². The van der Waals surface area contributed by atoms with Crippen LogP contribution in [0, 0.1) is 19.8 Å². The summed E-state index contributed by atoms with van der Waals surface area (Å²) in [5.41, 5.74) is 3.54. The monoisotopic (exact) mass is 490 g/mol. The fourth-order valence-corrected chi connectivity index (χ4v) is 3.99. The van der Waals surface area contributed by atoms with Crippen LogP contribution in [0.3, 0.4) is 0 Å². The van der Waals surface area contributed by atoms with Crippen LogP contribution in [0.5, 0.6) is 0 Å². The molecule has 1 aromatic heterocycles. The summed E-state index contributed by atoms with van der Waals surface area (Å²) in [6.07, 6.45) is 3.56. The summed E-state index contributed by atoms with van der Waals surface area (Å²) in [6, 6.07) is 0.494. The average Bonchev–Trinajstić information content (AvgIpc) is 3.22. The molecule has 0 bridgehead atoms. The highest BCUT2D eigenvalue weighted by Crippen LogP contribution is 2.17. The van der Waals surface area contributed by atoms with Gasteiger partial charge in [-0.05, 0) is 39.0 Å². The third-order valence-electron chi connectivity index (χ3n) is 5.78. The molecule has 2 aliphatic heterocycles. The minimum Gasteiger partial charge on any atom is -0.381 e. The molecular formula is C19H35IN6O. The Balaban J connectivity index is 0.00000261. The van der Waals surface area contributed by atoms with Gasteiger partial charge in [0.05, 0.1) is 12.3 Å². The molecule has 0 aliphatic carbocycles. The number of rotatable bonds is 5. The Hall–Kier alpha value is -0.870. The van der Waals surface area contributed by atoms with E-state index in [4.69, 9.17) is 4.74 Å². The van der Waals surface area contributed by atoms with E-state index < -0.39 is 0 Å². The number of aromatic nitrogens is 2. The molecule has 3 heterocycles. The zero-order valence-corrected chi connectivity index (χ0v) is 19.5. The topological polar surface area (TPSA) is 66.7 Å². The van der Waals surface area contributed by atoms with Gasteiger partial charge in [0, 0.05) is 64.2 Å². The van der Waals surface area contributed by atoms with Crippen molar-refractivity contribution >= 4 is 29.9 Å². The smallest absolute Gasteiger partial charge is 0.191 e. The maximum absolute atomic E-state index is 5.50. The molecule has 0 saturated carbocycles. The highest BCUT2D eigenvalue weighted by Gasteiger charge is 2.24. The number of piperidine rings is 1. The van der Waals surface area contributed by atoms with Gasteiger partial charge >= 0.3 is 0 Å². The van der Waals surface area contributed by atoms with Gasteiger partial charge < -0.3 is 20.3 Å². The summed E-state index contributed by atoms with van der Waals surface area (Å²) in [5.74, 6) is 1.62. The van der Waals surface area contributed by atoms with E-state index in [0.29, 0.717) is 6.04 Å². The molecule has 0 amide bonds. The van der Waals surface area contributed by atoms with Crippen LogP contribution in [0.1, 0.15) is 36.2 Å². The predicted molar refractivity (Wildman–Crippen MR) is 120 cm³/mol. The molecule has 0 aromatic carbocycles. The lowest BCUT2D eigenvalue weighted by Crippen LogP contribution is -2.49. The highest BCUT2D eigenvalue weighted by atomic mass is 127. The Morgan fingerprint density at radius 1 is 1.26 bits per heavy atom. The van der Waals surface area contributed by atoms with E-state index in [2.05, 4.69) is 39.5 Å². The normalized spacial score (nSPS) is 21.9. The van der Waals surface area contributed by atoms with E-state index in [1.165, 1.54) is 37.1 Å². The van der Waals surface area contributed by atoms with Crippen molar-refractivity contribution in [3.8, 4) is 0 Å². The molecule has 0 spiro atoms. The van der Waals surface area contributed by atoms with Crippen LogP contribution in [0.2, 0.25) is 0 Å². The SMILES string of the molecule is CN=C(NCc1c(C)nn(C)c1C)NC1CCN(CC2CCOC2)CC1.I. The van der Waals surface area contributed by atoms with E-state index in [0.717, 1.165) is 50.4 Å². The molecular weight excluding hydrogens is 455 g/mol. The molecule has 154 valence electrons. The van der Waals surface area contributed by atoms with Gasteiger partial charge in [0.1, 0.15) is 0 Å². The number of hydrogen-bond donors (Lipinski definition) is 2. The van der Waals surface area contributed by atoms with E-state index in [1.54, 1.807) is 0 Å². The van der Waals surface area contributed by atoms with Crippen molar-refractivity contribution in [1.29, 1.82) is 0 Å². The van der Waals surface area contributed by atoms with Crippen molar-refractivity contribution in [2.24, 2.45) is 18.0 Å². The Morgan fingerprint density at radius 2 is 2.00 bits per heavy atom. The summed E-state index contributed by atoms with van der Waals surface area (Å²) in [6.45, 7) is 10.3. The van der Waals surface area contributed by atoms with Crippen LogP contribution >= 0.6 is 24.0 Å². The second-order valence-electron chi connectivity index (χ2n) is 7.65. The number of nitrogens with one attached hydrogen (secondary N) is 2. The van der Waals surface area contributed by atoms with Crippen molar-refractivity contribution in [1.82, 2.24) is 25.3 Å². The van der Waals surface area contributed by atoms with E-state index in [-0.39, 0.29) is 24.0 Å². The molecule has 2 saturated heterocycles. The van der Waals surface area contributed by atoms with Crippen molar-refractivity contribution < 1.29 is 4.74 Å². The largest absolute Gasteiger partial charge is 0.381 e. The minimum absolute atomic E-state index is 0. The number of aliphatic imine (C=N–C) groups is 1. The van der Waals surface area contributed by atoms with E-state index >= 15 is 0 Å². The van der Waals surface area contributed by atoms with Crippen LogP contribution in [-0.2, 0) is 18.3 Å². The van der Waals surface area contributed by atoms with E-state index in [1.807, 2.05) is 18.8 Å². The zero-order valence-electron chi connectivity index (χ0n) is 17.1. The number of hydrogen-bond acceptors (Lipinski definition) is 4. The van der Waals surface area contributed by atoms with Crippen LogP contribution in [0.4, 0.5) is 0 Å². The lowest BCUT2D eigenvalue weighted by Gasteiger charge is -2.34. The van der Waals surface area contributed by atoms with Gasteiger partial charge in [-0.3, -0.25) is 9.67 Å². The Kier molecular flexibility index (Phi) is 8.81. The van der Waals surface area contributed by atoms with E-state index in [9.17, 15) is 0 Å². The lowest BCUT2D eigenvalue weighted by molar-refractivity contribution is 0.150. The van der Waals surface area contributed by atoms with Crippen molar-refractivity contribution in [2.75, 3.05) is 39.9 Å². The summed E-state index contributed by atoms with van der Waals surface area (Å²) >= 11 is 0. The number of likely N-dealkylation sites (tertiary alicyclic amines) is 1. The van der Waals surface area contributed by atoms with Crippen molar-refractivity contribution in [2.45, 2.75) is 45.7 Å². The molecule has 8 heteroatoms. The number of guanidine groups is 1. The molecule has 0 radical (unpaired) electrons. The Bertz CT molecular complexity index is 618. The second-order valence-corrected chi connectivity index (χ2v) is 7.65. The molecule has 1 unspecified atom stereocenters. The van der Waals surface area contributed by atoms with Gasteiger partial charge in [-0.15, -0.1) is 24.0 Å². The molecule has 27 heavy (non-hydrogen) atoms. The number of ether oxygens (including phenoxy) is 1. The third kappa shape index (κ3) is 6.05. The number of aryl methyl sites for hydroxylation is 2. The van der Waals surface area contributed by atoms with Gasteiger partial charge in [-0.1, -0.05) is 0 Å². The molecule has 1 aromatic rings. The fourth-order valence-electron chi connectivity index (χ4n) is 3.99. The van der Waals surface area contributed by atoms with Crippen LogP contribution in [0.25, 0.3) is 0 Å². The molecule has 2 N–H and O–H groups in total. The zero-order chi connectivity index (χ0) is 18.5. The Morgan fingerprint density at radius 3 is 2.56 bits per heavy atom. The fraction of sp³-hybridized carbons (Fsp3) is 0.789. The first-order chi connectivity index (χ1) is 12.6. The van der Waals surface area contributed by atoms with Gasteiger partial charge in [0.25, 0.3) is 0 Å². The van der Waals surface area contributed by atoms with Gasteiger partial charge in [-0.25, -0.2) is 0 Å². The molecule has 2 aliphatic rings. The first kappa shape index (κ1) is 22.4.